The predicted octanol–water partition coefficient (Wildman–Crippen LogP) is 4.46. The molecule has 5 atom stereocenters. The Morgan fingerprint density at radius 1 is 1.21 bits per heavy atom. The molecule has 0 amide bonds. The molecule has 190 valence electrons. The summed E-state index contributed by atoms with van der Waals surface area (Å²) in [5, 5.41) is 9.51. The third-order valence-corrected chi connectivity index (χ3v) is 5.76. The zero-order valence-electron chi connectivity index (χ0n) is 21.3. The van der Waals surface area contributed by atoms with Gasteiger partial charge in [0.05, 0.1) is 6.61 Å². The van der Waals surface area contributed by atoms with Crippen molar-refractivity contribution >= 4 is 17.9 Å². The number of aliphatic hydroxyl groups excluding tert-OH is 1. The Kier molecular flexibility index (Phi) is 13.2. The Bertz CT molecular complexity index is 806. The minimum absolute atomic E-state index is 0.0134. The lowest BCUT2D eigenvalue weighted by molar-refractivity contribution is -0.164. The fraction of sp³-hybridized carbons (Fsp3) is 0.593. The van der Waals surface area contributed by atoms with E-state index in [1.54, 1.807) is 19.1 Å². The molecule has 0 radical (unpaired) electrons. The average molecular weight is 477 g/mol. The third-order valence-electron chi connectivity index (χ3n) is 5.76. The molecule has 7 nitrogen and oxygen atoms in total. The highest BCUT2D eigenvalue weighted by Gasteiger charge is 2.34. The van der Waals surface area contributed by atoms with Crippen molar-refractivity contribution in [2.24, 2.45) is 17.8 Å². The van der Waals surface area contributed by atoms with Crippen molar-refractivity contribution in [2.45, 2.75) is 73.0 Å². The van der Waals surface area contributed by atoms with E-state index in [2.05, 4.69) is 19.9 Å². The molecule has 7 heteroatoms. The number of hydrogen-bond donors (Lipinski definition) is 1. The number of carbonyl (C=O) groups excluding carboxylic acids is 3. The number of allylic oxidation sites excluding steroid dienone is 4. The second kappa shape index (κ2) is 15.3. The molecule has 0 unspecified atom stereocenters. The van der Waals surface area contributed by atoms with Crippen molar-refractivity contribution in [3.05, 3.63) is 47.6 Å². The Morgan fingerprint density at radius 2 is 1.91 bits per heavy atom. The van der Waals surface area contributed by atoms with Crippen molar-refractivity contribution in [1.82, 2.24) is 0 Å². The summed E-state index contributed by atoms with van der Waals surface area (Å²) in [7, 11) is 0. The van der Waals surface area contributed by atoms with Crippen molar-refractivity contribution in [2.75, 3.05) is 13.2 Å². The van der Waals surface area contributed by atoms with Gasteiger partial charge in [0, 0.05) is 31.6 Å². The second-order valence-electron chi connectivity index (χ2n) is 9.13. The van der Waals surface area contributed by atoms with Crippen molar-refractivity contribution in [1.29, 1.82) is 0 Å². The second-order valence-corrected chi connectivity index (χ2v) is 9.13. The fourth-order valence-electron chi connectivity index (χ4n) is 3.97. The molecule has 1 rings (SSSR count). The SMILES string of the molecule is C/C=C(\C)C[C@H](C)C[C@H](C)[C@H]1OC(=O)C=C[C@H]1OC(=O)/C=C/C(C)=C/[C@H](CO)CCOC(C)=O. The maximum atomic E-state index is 12.4. The van der Waals surface area contributed by atoms with Crippen molar-refractivity contribution in [3.8, 4) is 0 Å². The van der Waals surface area contributed by atoms with Gasteiger partial charge in [0.25, 0.3) is 0 Å². The lowest BCUT2D eigenvalue weighted by atomic mass is 9.86. The van der Waals surface area contributed by atoms with Gasteiger partial charge in [-0.2, -0.15) is 0 Å². The summed E-state index contributed by atoms with van der Waals surface area (Å²) in [5.74, 6) is -1.12. The van der Waals surface area contributed by atoms with Crippen LogP contribution in [-0.2, 0) is 28.6 Å². The van der Waals surface area contributed by atoms with Gasteiger partial charge in [0.15, 0.2) is 6.10 Å². The van der Waals surface area contributed by atoms with Crippen LogP contribution in [0.25, 0.3) is 0 Å². The van der Waals surface area contributed by atoms with Gasteiger partial charge in [0.1, 0.15) is 6.10 Å². The summed E-state index contributed by atoms with van der Waals surface area (Å²) in [5.41, 5.74) is 2.08. The summed E-state index contributed by atoms with van der Waals surface area (Å²) >= 11 is 0. The van der Waals surface area contributed by atoms with E-state index < -0.39 is 24.1 Å². The Morgan fingerprint density at radius 3 is 2.53 bits per heavy atom. The molecule has 1 aliphatic rings. The van der Waals surface area contributed by atoms with Gasteiger partial charge in [-0.05, 0) is 57.9 Å². The summed E-state index contributed by atoms with van der Waals surface area (Å²) in [6.07, 6.45) is 10.8. The molecule has 0 aromatic heterocycles. The monoisotopic (exact) mass is 476 g/mol. The molecule has 0 fully saturated rings. The van der Waals surface area contributed by atoms with Gasteiger partial charge >= 0.3 is 17.9 Å². The van der Waals surface area contributed by atoms with Crippen molar-refractivity contribution < 1.29 is 33.7 Å². The molecule has 34 heavy (non-hydrogen) atoms. The third kappa shape index (κ3) is 11.5. The van der Waals surface area contributed by atoms with Crippen LogP contribution < -0.4 is 0 Å². The van der Waals surface area contributed by atoms with Gasteiger partial charge in [-0.25, -0.2) is 9.59 Å². The zero-order valence-corrected chi connectivity index (χ0v) is 21.3. The first-order valence-electron chi connectivity index (χ1n) is 11.9. The minimum Gasteiger partial charge on any atom is -0.466 e. The maximum Gasteiger partial charge on any atom is 0.331 e. The largest absolute Gasteiger partial charge is 0.466 e. The highest BCUT2D eigenvalue weighted by molar-refractivity contribution is 5.85. The fourth-order valence-corrected chi connectivity index (χ4v) is 3.97. The van der Waals surface area contributed by atoms with E-state index in [1.165, 1.54) is 24.6 Å². The number of hydrogen-bond acceptors (Lipinski definition) is 7. The number of carbonyl (C=O) groups is 3. The maximum absolute atomic E-state index is 12.4. The summed E-state index contributed by atoms with van der Waals surface area (Å²) in [4.78, 5) is 35.2. The van der Waals surface area contributed by atoms with Crippen LogP contribution in [0.3, 0.4) is 0 Å². The molecule has 0 aromatic rings. The number of rotatable bonds is 13. The average Bonchev–Trinajstić information content (AvgIpc) is 2.77. The first-order chi connectivity index (χ1) is 16.0. The minimum atomic E-state index is -0.655. The van der Waals surface area contributed by atoms with Crippen LogP contribution in [-0.4, -0.2) is 48.4 Å². The van der Waals surface area contributed by atoms with Crippen LogP contribution in [0, 0.1) is 17.8 Å². The molecule has 0 aliphatic carbocycles. The summed E-state index contributed by atoms with van der Waals surface area (Å²) in [6.45, 7) is 11.5. The molecule has 0 spiro atoms. The Labute approximate surface area is 203 Å². The van der Waals surface area contributed by atoms with E-state index in [-0.39, 0.29) is 31.0 Å². The first kappa shape index (κ1) is 29.4. The van der Waals surface area contributed by atoms with Crippen LogP contribution in [0.2, 0.25) is 0 Å². The standard InChI is InChI=1S/C27H40O7/c1-7-18(2)14-20(4)15-21(5)27-24(9-11-26(31)34-27)33-25(30)10-8-19(3)16-23(17-28)12-13-32-22(6)29/h7-11,16,20-21,23-24,27-28H,12-15,17H2,1-6H3/b10-8+,18-7+,19-16+/t20-,21-,23+,24+,27+/m0/s1. The normalized spacial score (nSPS) is 21.7. The van der Waals surface area contributed by atoms with Crippen LogP contribution in [0.5, 0.6) is 0 Å². The quantitative estimate of drug-likeness (QED) is 0.138. The van der Waals surface area contributed by atoms with E-state index in [4.69, 9.17) is 14.2 Å². The van der Waals surface area contributed by atoms with Crippen LogP contribution in [0.4, 0.5) is 0 Å². The first-order valence-corrected chi connectivity index (χ1v) is 11.9. The molecule has 1 N–H and O–H groups in total. The van der Waals surface area contributed by atoms with Crippen molar-refractivity contribution in [3.63, 3.8) is 0 Å². The van der Waals surface area contributed by atoms with E-state index in [1.807, 2.05) is 19.9 Å². The molecule has 0 saturated heterocycles. The molecule has 0 aromatic carbocycles. The van der Waals surface area contributed by atoms with Crippen LogP contribution in [0.15, 0.2) is 47.6 Å². The van der Waals surface area contributed by atoms with Gasteiger partial charge in [-0.1, -0.05) is 43.2 Å². The molecular weight excluding hydrogens is 436 g/mol. The molecular formula is C27H40O7. The van der Waals surface area contributed by atoms with E-state index in [9.17, 15) is 19.5 Å². The Hall–Kier alpha value is -2.67. The molecule has 1 heterocycles. The Balaban J connectivity index is 2.73. The number of cyclic esters (lactones) is 1. The summed E-state index contributed by atoms with van der Waals surface area (Å²) in [6, 6.07) is 0. The number of aliphatic hydroxyl groups is 1. The molecule has 0 saturated carbocycles. The lowest BCUT2D eigenvalue weighted by Crippen LogP contribution is -2.41. The van der Waals surface area contributed by atoms with E-state index in [0.717, 1.165) is 18.4 Å². The van der Waals surface area contributed by atoms with Crippen LogP contribution >= 0.6 is 0 Å². The van der Waals surface area contributed by atoms with Gasteiger partial charge < -0.3 is 19.3 Å². The van der Waals surface area contributed by atoms with Crippen LogP contribution in [0.1, 0.15) is 60.8 Å². The lowest BCUT2D eigenvalue weighted by Gasteiger charge is -2.32. The predicted molar refractivity (Wildman–Crippen MR) is 131 cm³/mol. The summed E-state index contributed by atoms with van der Waals surface area (Å²) < 4.78 is 16.0. The molecule has 0 bridgehead atoms. The number of ether oxygens (including phenoxy) is 3. The smallest absolute Gasteiger partial charge is 0.331 e. The van der Waals surface area contributed by atoms with Gasteiger partial charge in [-0.3, -0.25) is 4.79 Å². The van der Waals surface area contributed by atoms with E-state index >= 15 is 0 Å². The highest BCUT2D eigenvalue weighted by atomic mass is 16.6. The van der Waals surface area contributed by atoms with Gasteiger partial charge in [0.2, 0.25) is 0 Å². The zero-order chi connectivity index (χ0) is 25.7. The number of esters is 3. The van der Waals surface area contributed by atoms with E-state index in [0.29, 0.717) is 12.3 Å². The molecule has 1 aliphatic heterocycles. The van der Waals surface area contributed by atoms with Gasteiger partial charge in [-0.15, -0.1) is 0 Å². The topological polar surface area (TPSA) is 99.1 Å². The highest BCUT2D eigenvalue weighted by Crippen LogP contribution is 2.28.